The zero-order valence-electron chi connectivity index (χ0n) is 19.2. The SMILES string of the molecule is CC.CCN(C)CCCO.CCNC(=O)c1c(C)n(C)c2c(OC)cc(F)cc12. The molecule has 0 bridgehead atoms. The number of hydrogen-bond acceptors (Lipinski definition) is 4. The maximum absolute atomic E-state index is 13.6. The van der Waals surface area contributed by atoms with Crippen molar-refractivity contribution in [3.05, 3.63) is 29.2 Å². The van der Waals surface area contributed by atoms with Gasteiger partial charge in [-0.2, -0.15) is 0 Å². The van der Waals surface area contributed by atoms with Crippen molar-refractivity contribution < 1.29 is 19.0 Å². The van der Waals surface area contributed by atoms with Crippen molar-refractivity contribution in [3.63, 3.8) is 0 Å². The molecule has 166 valence electrons. The number of carbonyl (C=O) groups is 1. The molecular formula is C22H38FN3O3. The first kappa shape index (κ1) is 26.9. The highest BCUT2D eigenvalue weighted by Gasteiger charge is 2.21. The minimum Gasteiger partial charge on any atom is -0.494 e. The van der Waals surface area contributed by atoms with E-state index in [1.165, 1.54) is 19.2 Å². The van der Waals surface area contributed by atoms with E-state index in [1.807, 2.05) is 39.3 Å². The van der Waals surface area contributed by atoms with Crippen molar-refractivity contribution in [3.8, 4) is 5.75 Å². The number of methoxy groups -OCH3 is 1. The van der Waals surface area contributed by atoms with Gasteiger partial charge >= 0.3 is 0 Å². The Balaban J connectivity index is 0.000000664. The minimum atomic E-state index is -0.416. The molecular weight excluding hydrogens is 373 g/mol. The maximum Gasteiger partial charge on any atom is 0.253 e. The predicted molar refractivity (Wildman–Crippen MR) is 118 cm³/mol. The van der Waals surface area contributed by atoms with Crippen molar-refractivity contribution in [2.24, 2.45) is 7.05 Å². The number of nitrogens with zero attached hydrogens (tertiary/aromatic N) is 2. The Bertz CT molecular complexity index is 760. The van der Waals surface area contributed by atoms with Crippen LogP contribution >= 0.6 is 0 Å². The Kier molecular flexibility index (Phi) is 12.9. The molecule has 0 unspecified atom stereocenters. The first-order chi connectivity index (χ1) is 13.8. The van der Waals surface area contributed by atoms with Crippen LogP contribution in [0.15, 0.2) is 12.1 Å². The first-order valence-electron chi connectivity index (χ1n) is 10.2. The standard InChI is InChI=1S/C14H17FN2O2.C6H15NO.C2H6/c1-5-16-14(18)12-8(2)17(3)13-10(12)6-9(15)7-11(13)19-4;1-3-7(2)5-4-6-8;1-2/h6-7H,5H2,1-4H3,(H,16,18);8H,3-6H2,1-2H3;1-2H3. The monoisotopic (exact) mass is 411 g/mol. The number of halogens is 1. The van der Waals surface area contributed by atoms with Gasteiger partial charge in [-0.25, -0.2) is 4.39 Å². The highest BCUT2D eigenvalue weighted by Crippen LogP contribution is 2.33. The number of aryl methyl sites for hydroxylation is 1. The number of rotatable bonds is 7. The van der Waals surface area contributed by atoms with Crippen LogP contribution in [0.3, 0.4) is 0 Å². The van der Waals surface area contributed by atoms with Crippen LogP contribution in [0.25, 0.3) is 10.9 Å². The lowest BCUT2D eigenvalue weighted by molar-refractivity contribution is 0.0956. The van der Waals surface area contributed by atoms with Gasteiger partial charge in [0, 0.05) is 37.3 Å². The summed E-state index contributed by atoms with van der Waals surface area (Å²) in [5, 5.41) is 11.7. The molecule has 0 aliphatic heterocycles. The molecule has 0 atom stereocenters. The molecule has 1 aromatic heterocycles. The second-order valence-corrected chi connectivity index (χ2v) is 6.36. The van der Waals surface area contributed by atoms with Gasteiger partial charge in [-0.05, 0) is 46.5 Å². The van der Waals surface area contributed by atoms with Gasteiger partial charge in [0.05, 0.1) is 18.2 Å². The average molecular weight is 412 g/mol. The smallest absolute Gasteiger partial charge is 0.253 e. The second-order valence-electron chi connectivity index (χ2n) is 6.36. The van der Waals surface area contributed by atoms with Crippen molar-refractivity contribution in [2.75, 3.05) is 40.4 Å². The number of nitrogens with one attached hydrogen (secondary N) is 1. The molecule has 1 amide bonds. The van der Waals surface area contributed by atoms with E-state index in [9.17, 15) is 9.18 Å². The van der Waals surface area contributed by atoms with Crippen LogP contribution < -0.4 is 10.1 Å². The van der Waals surface area contributed by atoms with Crippen molar-refractivity contribution in [1.82, 2.24) is 14.8 Å². The summed E-state index contributed by atoms with van der Waals surface area (Å²) >= 11 is 0. The van der Waals surface area contributed by atoms with E-state index in [0.717, 1.165) is 30.7 Å². The lowest BCUT2D eigenvalue weighted by Gasteiger charge is -2.11. The fourth-order valence-corrected chi connectivity index (χ4v) is 2.83. The molecule has 0 spiro atoms. The number of hydrogen-bond donors (Lipinski definition) is 2. The molecule has 7 heteroatoms. The normalized spacial score (nSPS) is 10.2. The highest BCUT2D eigenvalue weighted by molar-refractivity contribution is 6.09. The second kappa shape index (κ2) is 14.0. The Morgan fingerprint density at radius 2 is 1.93 bits per heavy atom. The van der Waals surface area contributed by atoms with Gasteiger partial charge in [0.1, 0.15) is 11.6 Å². The predicted octanol–water partition coefficient (Wildman–Crippen LogP) is 3.73. The minimum absolute atomic E-state index is 0.196. The van der Waals surface area contributed by atoms with Crippen molar-refractivity contribution >= 4 is 16.8 Å². The Morgan fingerprint density at radius 3 is 2.41 bits per heavy atom. The third kappa shape index (κ3) is 7.33. The average Bonchev–Trinajstić information content (AvgIpc) is 2.97. The van der Waals surface area contributed by atoms with E-state index in [4.69, 9.17) is 9.84 Å². The number of carbonyl (C=O) groups excluding carboxylic acids is 1. The van der Waals surface area contributed by atoms with Gasteiger partial charge < -0.3 is 24.6 Å². The van der Waals surface area contributed by atoms with Crippen LogP contribution in [0.5, 0.6) is 5.75 Å². The van der Waals surface area contributed by atoms with Crippen LogP contribution in [-0.2, 0) is 7.05 Å². The molecule has 0 aliphatic rings. The number of aliphatic hydroxyl groups excluding tert-OH is 1. The van der Waals surface area contributed by atoms with Crippen LogP contribution in [0.2, 0.25) is 0 Å². The summed E-state index contributed by atoms with van der Waals surface area (Å²) in [5.41, 5.74) is 2.00. The van der Waals surface area contributed by atoms with E-state index in [1.54, 1.807) is 0 Å². The Morgan fingerprint density at radius 1 is 1.31 bits per heavy atom. The summed E-state index contributed by atoms with van der Waals surface area (Å²) in [6, 6.07) is 2.69. The zero-order chi connectivity index (χ0) is 22.6. The summed E-state index contributed by atoms with van der Waals surface area (Å²) in [5.74, 6) is -0.185. The molecule has 1 aromatic carbocycles. The van der Waals surface area contributed by atoms with Gasteiger partial charge in [0.25, 0.3) is 5.91 Å². The molecule has 2 rings (SSSR count). The van der Waals surface area contributed by atoms with Gasteiger partial charge in [-0.3, -0.25) is 4.79 Å². The number of amides is 1. The summed E-state index contributed by atoms with van der Waals surface area (Å²) < 4.78 is 20.7. The molecule has 2 aromatic rings. The molecule has 29 heavy (non-hydrogen) atoms. The number of fused-ring (bicyclic) bond motifs is 1. The lowest BCUT2D eigenvalue weighted by atomic mass is 10.1. The van der Waals surface area contributed by atoms with Gasteiger partial charge in [0.2, 0.25) is 0 Å². The number of benzene rings is 1. The van der Waals surface area contributed by atoms with Crippen LogP contribution in [0.4, 0.5) is 4.39 Å². The van der Waals surface area contributed by atoms with E-state index in [-0.39, 0.29) is 5.91 Å². The number of ether oxygens (including phenoxy) is 1. The molecule has 0 aliphatic carbocycles. The van der Waals surface area contributed by atoms with E-state index < -0.39 is 5.82 Å². The molecule has 0 radical (unpaired) electrons. The molecule has 6 nitrogen and oxygen atoms in total. The maximum atomic E-state index is 13.6. The molecule has 2 N–H and O–H groups in total. The van der Waals surface area contributed by atoms with E-state index in [2.05, 4.69) is 24.2 Å². The van der Waals surface area contributed by atoms with Gasteiger partial charge in [0.15, 0.2) is 0 Å². The third-order valence-electron chi connectivity index (χ3n) is 4.53. The quantitative estimate of drug-likeness (QED) is 0.729. The number of aliphatic hydroxyl groups is 1. The third-order valence-corrected chi connectivity index (χ3v) is 4.53. The topological polar surface area (TPSA) is 66.7 Å². The summed E-state index contributed by atoms with van der Waals surface area (Å²) in [4.78, 5) is 14.3. The fraction of sp³-hybridized carbons (Fsp3) is 0.591. The van der Waals surface area contributed by atoms with E-state index >= 15 is 0 Å². The molecule has 0 saturated heterocycles. The van der Waals surface area contributed by atoms with Crippen LogP contribution in [0, 0.1) is 12.7 Å². The van der Waals surface area contributed by atoms with Crippen LogP contribution in [0.1, 0.15) is 50.2 Å². The highest BCUT2D eigenvalue weighted by atomic mass is 19.1. The summed E-state index contributed by atoms with van der Waals surface area (Å²) in [6.07, 6.45) is 0.893. The van der Waals surface area contributed by atoms with Crippen molar-refractivity contribution in [1.29, 1.82) is 0 Å². The Hall–Kier alpha value is -2.12. The van der Waals surface area contributed by atoms with Gasteiger partial charge in [-0.15, -0.1) is 0 Å². The zero-order valence-corrected chi connectivity index (χ0v) is 19.2. The van der Waals surface area contributed by atoms with Crippen LogP contribution in [-0.4, -0.2) is 60.9 Å². The van der Waals surface area contributed by atoms with Gasteiger partial charge in [-0.1, -0.05) is 20.8 Å². The fourth-order valence-electron chi connectivity index (χ4n) is 2.83. The first-order valence-corrected chi connectivity index (χ1v) is 10.2. The molecule has 0 saturated carbocycles. The number of aromatic nitrogens is 1. The Labute approximate surface area is 174 Å². The summed E-state index contributed by atoms with van der Waals surface area (Å²) in [6.45, 7) is 12.7. The van der Waals surface area contributed by atoms with E-state index in [0.29, 0.717) is 29.9 Å². The summed E-state index contributed by atoms with van der Waals surface area (Å²) in [7, 11) is 5.37. The lowest BCUT2D eigenvalue weighted by Crippen LogP contribution is -2.23. The molecule has 1 heterocycles. The largest absolute Gasteiger partial charge is 0.494 e. The van der Waals surface area contributed by atoms with Crippen molar-refractivity contribution in [2.45, 2.75) is 41.0 Å². The molecule has 0 fully saturated rings.